The lowest BCUT2D eigenvalue weighted by molar-refractivity contribution is 0.0989. The molecule has 4 heteroatoms. The Labute approximate surface area is 154 Å². The van der Waals surface area contributed by atoms with Crippen LogP contribution in [-0.2, 0) is 0 Å². The van der Waals surface area contributed by atoms with Gasteiger partial charge < -0.3 is 0 Å². The van der Waals surface area contributed by atoms with E-state index in [1.165, 1.54) is 11.8 Å². The van der Waals surface area contributed by atoms with E-state index in [1.54, 1.807) is 11.3 Å². The number of ketones is 1. The molecule has 1 atom stereocenters. The van der Waals surface area contributed by atoms with Crippen molar-refractivity contribution in [2.45, 2.75) is 9.59 Å². The lowest BCUT2D eigenvalue weighted by Crippen LogP contribution is -2.09. The van der Waals surface area contributed by atoms with Crippen molar-refractivity contribution in [1.82, 2.24) is 4.98 Å². The Morgan fingerprint density at radius 1 is 0.840 bits per heavy atom. The van der Waals surface area contributed by atoms with Crippen LogP contribution in [0.3, 0.4) is 0 Å². The van der Waals surface area contributed by atoms with Gasteiger partial charge in [0.15, 0.2) is 10.1 Å². The van der Waals surface area contributed by atoms with Crippen molar-refractivity contribution in [3.8, 4) is 0 Å². The highest BCUT2D eigenvalue weighted by Gasteiger charge is 2.24. The van der Waals surface area contributed by atoms with Gasteiger partial charge in [0.05, 0.1) is 15.5 Å². The molecule has 0 spiro atoms. The summed E-state index contributed by atoms with van der Waals surface area (Å²) in [4.78, 5) is 17.8. The summed E-state index contributed by atoms with van der Waals surface area (Å²) in [6.07, 6.45) is 0. The monoisotopic (exact) mass is 361 g/mol. The SMILES string of the molecule is O=C(c1ccccc1)[C@H](Sc1nc2ccccc2s1)c1ccccc1. The number of fused-ring (bicyclic) bond motifs is 1. The fraction of sp³-hybridized carbons (Fsp3) is 0.0476. The number of aromatic nitrogens is 1. The van der Waals surface area contributed by atoms with E-state index >= 15 is 0 Å². The zero-order chi connectivity index (χ0) is 17.1. The average molecular weight is 361 g/mol. The molecule has 0 amide bonds. The molecule has 0 unspecified atom stereocenters. The molecule has 0 bridgehead atoms. The van der Waals surface area contributed by atoms with Crippen molar-refractivity contribution in [3.63, 3.8) is 0 Å². The summed E-state index contributed by atoms with van der Waals surface area (Å²) in [7, 11) is 0. The minimum Gasteiger partial charge on any atom is -0.293 e. The Morgan fingerprint density at radius 3 is 2.20 bits per heavy atom. The van der Waals surface area contributed by atoms with E-state index in [9.17, 15) is 4.79 Å². The molecular weight excluding hydrogens is 346 g/mol. The van der Waals surface area contributed by atoms with Gasteiger partial charge in [-0.05, 0) is 17.7 Å². The van der Waals surface area contributed by atoms with Gasteiger partial charge in [-0.15, -0.1) is 11.3 Å². The van der Waals surface area contributed by atoms with Gasteiger partial charge in [0.25, 0.3) is 0 Å². The highest BCUT2D eigenvalue weighted by atomic mass is 32.2. The minimum atomic E-state index is -0.302. The Kier molecular flexibility index (Phi) is 4.63. The summed E-state index contributed by atoms with van der Waals surface area (Å²) >= 11 is 3.16. The maximum atomic E-state index is 13.1. The van der Waals surface area contributed by atoms with Crippen LogP contribution in [0.15, 0.2) is 89.3 Å². The molecule has 0 fully saturated rings. The zero-order valence-corrected chi connectivity index (χ0v) is 15.0. The van der Waals surface area contributed by atoms with Crippen LogP contribution in [0, 0.1) is 0 Å². The molecule has 0 aliphatic heterocycles. The van der Waals surface area contributed by atoms with E-state index in [0.717, 1.165) is 25.7 Å². The van der Waals surface area contributed by atoms with E-state index in [2.05, 4.69) is 11.1 Å². The number of carbonyl (C=O) groups excluding carboxylic acids is 1. The highest BCUT2D eigenvalue weighted by Crippen LogP contribution is 2.40. The Morgan fingerprint density at radius 2 is 1.48 bits per heavy atom. The van der Waals surface area contributed by atoms with Gasteiger partial charge in [-0.2, -0.15) is 0 Å². The first kappa shape index (κ1) is 16.1. The maximum Gasteiger partial charge on any atom is 0.180 e. The Balaban J connectivity index is 1.71. The van der Waals surface area contributed by atoms with Gasteiger partial charge in [-0.3, -0.25) is 4.79 Å². The Bertz CT molecular complexity index is 963. The van der Waals surface area contributed by atoms with Gasteiger partial charge in [-0.25, -0.2) is 4.98 Å². The lowest BCUT2D eigenvalue weighted by atomic mass is 10.0. The van der Waals surface area contributed by atoms with Crippen LogP contribution in [0.25, 0.3) is 10.2 Å². The summed E-state index contributed by atoms with van der Waals surface area (Å²) in [6, 6.07) is 27.5. The van der Waals surface area contributed by atoms with Crippen LogP contribution < -0.4 is 0 Å². The quantitative estimate of drug-likeness (QED) is 0.322. The van der Waals surface area contributed by atoms with Crippen molar-refractivity contribution in [3.05, 3.63) is 96.1 Å². The molecule has 0 N–H and O–H groups in total. The predicted molar refractivity (Wildman–Crippen MR) is 105 cm³/mol. The summed E-state index contributed by atoms with van der Waals surface area (Å²) in [5.74, 6) is 0.107. The lowest BCUT2D eigenvalue weighted by Gasteiger charge is -2.14. The molecule has 0 saturated heterocycles. The summed E-state index contributed by atoms with van der Waals surface area (Å²) in [5, 5.41) is -0.302. The number of nitrogens with zero attached hydrogens (tertiary/aromatic N) is 1. The molecule has 0 aliphatic rings. The third kappa shape index (κ3) is 3.50. The smallest absolute Gasteiger partial charge is 0.180 e. The average Bonchev–Trinajstić information content (AvgIpc) is 3.09. The molecule has 3 aromatic carbocycles. The minimum absolute atomic E-state index is 0.107. The first-order valence-corrected chi connectivity index (χ1v) is 9.67. The topological polar surface area (TPSA) is 30.0 Å². The van der Waals surface area contributed by atoms with Crippen molar-refractivity contribution >= 4 is 39.1 Å². The second kappa shape index (κ2) is 7.21. The zero-order valence-electron chi connectivity index (χ0n) is 13.3. The predicted octanol–water partition coefficient (Wildman–Crippen LogP) is 6.01. The maximum absolute atomic E-state index is 13.1. The fourth-order valence-electron chi connectivity index (χ4n) is 2.66. The van der Waals surface area contributed by atoms with Gasteiger partial charge in [0.2, 0.25) is 0 Å². The van der Waals surface area contributed by atoms with Gasteiger partial charge in [-0.1, -0.05) is 84.6 Å². The van der Waals surface area contributed by atoms with Crippen molar-refractivity contribution in [2.24, 2.45) is 0 Å². The molecule has 1 aromatic heterocycles. The largest absolute Gasteiger partial charge is 0.293 e. The molecule has 0 radical (unpaired) electrons. The number of benzene rings is 3. The van der Waals surface area contributed by atoms with E-state index in [4.69, 9.17) is 0 Å². The molecule has 0 aliphatic carbocycles. The molecule has 4 rings (SSSR count). The van der Waals surface area contributed by atoms with Gasteiger partial charge in [0, 0.05) is 5.56 Å². The second-order valence-electron chi connectivity index (χ2n) is 5.59. The summed E-state index contributed by atoms with van der Waals surface area (Å²) < 4.78 is 2.06. The van der Waals surface area contributed by atoms with Gasteiger partial charge >= 0.3 is 0 Å². The second-order valence-corrected chi connectivity index (χ2v) is 7.97. The normalized spacial score (nSPS) is 12.2. The number of rotatable bonds is 5. The van der Waals surface area contributed by atoms with Crippen LogP contribution in [0.1, 0.15) is 21.2 Å². The van der Waals surface area contributed by atoms with Crippen LogP contribution in [0.4, 0.5) is 0 Å². The number of para-hydroxylation sites is 1. The molecule has 0 saturated carbocycles. The number of thiazole rings is 1. The number of carbonyl (C=O) groups is 1. The molecule has 2 nitrogen and oxygen atoms in total. The van der Waals surface area contributed by atoms with Crippen LogP contribution in [0.5, 0.6) is 0 Å². The molecular formula is C21H15NOS2. The highest BCUT2D eigenvalue weighted by molar-refractivity contribution is 8.02. The van der Waals surface area contributed by atoms with Crippen molar-refractivity contribution in [2.75, 3.05) is 0 Å². The molecule has 122 valence electrons. The van der Waals surface area contributed by atoms with Crippen molar-refractivity contribution < 1.29 is 4.79 Å². The number of hydrogen-bond acceptors (Lipinski definition) is 4. The fourth-order valence-corrected chi connectivity index (χ4v) is 4.99. The third-order valence-corrected chi connectivity index (χ3v) is 6.28. The van der Waals surface area contributed by atoms with Crippen molar-refractivity contribution in [1.29, 1.82) is 0 Å². The van der Waals surface area contributed by atoms with E-state index in [-0.39, 0.29) is 11.0 Å². The number of hydrogen-bond donors (Lipinski definition) is 0. The molecule has 25 heavy (non-hydrogen) atoms. The van der Waals surface area contributed by atoms with E-state index < -0.39 is 0 Å². The van der Waals surface area contributed by atoms with Crippen LogP contribution >= 0.6 is 23.1 Å². The summed E-state index contributed by atoms with van der Waals surface area (Å²) in [6.45, 7) is 0. The van der Waals surface area contributed by atoms with E-state index in [0.29, 0.717) is 0 Å². The van der Waals surface area contributed by atoms with Crippen LogP contribution in [0.2, 0.25) is 0 Å². The molecule has 1 heterocycles. The third-order valence-electron chi connectivity index (χ3n) is 3.89. The van der Waals surface area contributed by atoms with Gasteiger partial charge in [0.1, 0.15) is 0 Å². The first-order chi connectivity index (χ1) is 12.3. The number of Topliss-reactive ketones (excluding diaryl/α,β-unsaturated/α-hetero) is 1. The molecule has 4 aromatic rings. The standard InChI is InChI=1S/C21H15NOS2/c23-19(15-9-3-1-4-10-15)20(16-11-5-2-6-12-16)25-21-22-17-13-7-8-14-18(17)24-21/h1-14,20H/t20-/m1/s1. The summed E-state index contributed by atoms with van der Waals surface area (Å²) in [5.41, 5.74) is 2.71. The Hall–Kier alpha value is -2.43. The number of thioether (sulfide) groups is 1. The first-order valence-electron chi connectivity index (χ1n) is 7.98. The van der Waals surface area contributed by atoms with Crippen LogP contribution in [-0.4, -0.2) is 10.8 Å². The van der Waals surface area contributed by atoms with E-state index in [1.807, 2.05) is 78.9 Å².